The lowest BCUT2D eigenvalue weighted by molar-refractivity contribution is 0.143. The standard InChI is InChI=1S/C16H24N2O2/c1-12(2)17-16(20)18(10-11-19)15-9-5-7-13-6-3-4-8-14(13)15/h3-4,6,8,12,15,19H,5,7,9-11H2,1-2H3,(H,17,20). The van der Waals surface area contributed by atoms with Gasteiger partial charge in [0.1, 0.15) is 0 Å². The fourth-order valence-corrected chi connectivity index (χ4v) is 2.89. The van der Waals surface area contributed by atoms with E-state index < -0.39 is 0 Å². The predicted molar refractivity (Wildman–Crippen MR) is 79.6 cm³/mol. The van der Waals surface area contributed by atoms with Crippen LogP contribution in [0.2, 0.25) is 0 Å². The average molecular weight is 276 g/mol. The van der Waals surface area contributed by atoms with E-state index in [1.54, 1.807) is 4.90 Å². The van der Waals surface area contributed by atoms with Crippen molar-refractivity contribution in [2.75, 3.05) is 13.2 Å². The lowest BCUT2D eigenvalue weighted by Crippen LogP contribution is -2.46. The number of aliphatic hydroxyl groups excluding tert-OH is 1. The van der Waals surface area contributed by atoms with Crippen molar-refractivity contribution in [2.45, 2.75) is 45.2 Å². The first-order valence-corrected chi connectivity index (χ1v) is 7.39. The van der Waals surface area contributed by atoms with Crippen molar-refractivity contribution in [1.29, 1.82) is 0 Å². The topological polar surface area (TPSA) is 52.6 Å². The number of hydrogen-bond donors (Lipinski definition) is 2. The highest BCUT2D eigenvalue weighted by atomic mass is 16.3. The summed E-state index contributed by atoms with van der Waals surface area (Å²) in [4.78, 5) is 14.1. The molecule has 4 heteroatoms. The van der Waals surface area contributed by atoms with E-state index >= 15 is 0 Å². The number of nitrogens with one attached hydrogen (secondary N) is 1. The van der Waals surface area contributed by atoms with E-state index in [2.05, 4.69) is 17.4 Å². The summed E-state index contributed by atoms with van der Waals surface area (Å²) in [7, 11) is 0. The second-order valence-electron chi connectivity index (χ2n) is 5.63. The molecule has 1 atom stereocenters. The van der Waals surface area contributed by atoms with Crippen LogP contribution < -0.4 is 5.32 Å². The molecule has 0 heterocycles. The van der Waals surface area contributed by atoms with E-state index in [1.165, 1.54) is 11.1 Å². The third-order valence-electron chi connectivity index (χ3n) is 3.73. The molecular weight excluding hydrogens is 252 g/mol. The number of hydrogen-bond acceptors (Lipinski definition) is 2. The highest BCUT2D eigenvalue weighted by molar-refractivity contribution is 5.75. The van der Waals surface area contributed by atoms with E-state index in [0.29, 0.717) is 6.54 Å². The summed E-state index contributed by atoms with van der Waals surface area (Å²) >= 11 is 0. The van der Waals surface area contributed by atoms with Gasteiger partial charge in [0, 0.05) is 12.6 Å². The molecule has 0 radical (unpaired) electrons. The van der Waals surface area contributed by atoms with Gasteiger partial charge in [0.15, 0.2) is 0 Å². The molecular formula is C16H24N2O2. The Morgan fingerprint density at radius 2 is 2.20 bits per heavy atom. The molecule has 1 aliphatic carbocycles. The third kappa shape index (κ3) is 3.31. The molecule has 20 heavy (non-hydrogen) atoms. The van der Waals surface area contributed by atoms with Crippen molar-refractivity contribution < 1.29 is 9.90 Å². The molecule has 2 rings (SSSR count). The lowest BCUT2D eigenvalue weighted by Gasteiger charge is -2.36. The molecule has 0 aromatic heterocycles. The summed E-state index contributed by atoms with van der Waals surface area (Å²) in [6.07, 6.45) is 3.12. The first-order valence-electron chi connectivity index (χ1n) is 7.39. The van der Waals surface area contributed by atoms with E-state index in [1.807, 2.05) is 26.0 Å². The van der Waals surface area contributed by atoms with Gasteiger partial charge in [-0.1, -0.05) is 24.3 Å². The number of aliphatic hydroxyl groups is 1. The molecule has 2 N–H and O–H groups in total. The predicted octanol–water partition coefficient (Wildman–Crippen LogP) is 2.48. The number of nitrogens with zero attached hydrogens (tertiary/aromatic N) is 1. The molecule has 1 unspecified atom stereocenters. The van der Waals surface area contributed by atoms with Gasteiger partial charge in [-0.3, -0.25) is 0 Å². The highest BCUT2D eigenvalue weighted by Gasteiger charge is 2.28. The van der Waals surface area contributed by atoms with Crippen molar-refractivity contribution in [2.24, 2.45) is 0 Å². The fraction of sp³-hybridized carbons (Fsp3) is 0.562. The van der Waals surface area contributed by atoms with Crippen molar-refractivity contribution >= 4 is 6.03 Å². The van der Waals surface area contributed by atoms with Gasteiger partial charge in [-0.2, -0.15) is 0 Å². The van der Waals surface area contributed by atoms with Crippen LogP contribution in [0.5, 0.6) is 0 Å². The number of amides is 2. The third-order valence-corrected chi connectivity index (χ3v) is 3.73. The molecule has 0 saturated carbocycles. The quantitative estimate of drug-likeness (QED) is 0.887. The maximum atomic E-state index is 12.4. The number of urea groups is 1. The zero-order valence-corrected chi connectivity index (χ0v) is 12.3. The molecule has 1 aromatic rings. The van der Waals surface area contributed by atoms with E-state index in [4.69, 9.17) is 0 Å². The summed E-state index contributed by atoms with van der Waals surface area (Å²) in [5.41, 5.74) is 2.55. The summed E-state index contributed by atoms with van der Waals surface area (Å²) < 4.78 is 0. The zero-order valence-electron chi connectivity index (χ0n) is 12.3. The first-order chi connectivity index (χ1) is 9.63. The molecule has 4 nitrogen and oxygen atoms in total. The van der Waals surface area contributed by atoms with Crippen LogP contribution in [0, 0.1) is 0 Å². The Bertz CT molecular complexity index is 460. The number of aryl methyl sites for hydroxylation is 1. The second-order valence-corrected chi connectivity index (χ2v) is 5.63. The number of fused-ring (bicyclic) bond motifs is 1. The van der Waals surface area contributed by atoms with Gasteiger partial charge in [-0.15, -0.1) is 0 Å². The van der Waals surface area contributed by atoms with Gasteiger partial charge in [-0.05, 0) is 44.2 Å². The minimum absolute atomic E-state index is 0.00974. The molecule has 1 aliphatic rings. The van der Waals surface area contributed by atoms with Gasteiger partial charge >= 0.3 is 6.03 Å². The molecule has 1 aromatic carbocycles. The van der Waals surface area contributed by atoms with Crippen molar-refractivity contribution in [1.82, 2.24) is 10.2 Å². The van der Waals surface area contributed by atoms with Crippen molar-refractivity contribution in [3.63, 3.8) is 0 Å². The summed E-state index contributed by atoms with van der Waals surface area (Å²) in [5, 5.41) is 12.2. The smallest absolute Gasteiger partial charge is 0.318 e. The maximum absolute atomic E-state index is 12.4. The number of carbonyl (C=O) groups excluding carboxylic acids is 1. The molecule has 0 aliphatic heterocycles. The van der Waals surface area contributed by atoms with Crippen LogP contribution in [-0.2, 0) is 6.42 Å². The Kier molecular flexibility index (Phi) is 5.01. The number of benzene rings is 1. The monoisotopic (exact) mass is 276 g/mol. The second kappa shape index (κ2) is 6.75. The van der Waals surface area contributed by atoms with E-state index in [9.17, 15) is 9.90 Å². The Labute approximate surface area is 120 Å². The Morgan fingerprint density at radius 1 is 1.45 bits per heavy atom. The van der Waals surface area contributed by atoms with Gasteiger partial charge < -0.3 is 15.3 Å². The Morgan fingerprint density at radius 3 is 2.90 bits per heavy atom. The molecule has 0 spiro atoms. The first kappa shape index (κ1) is 14.9. The van der Waals surface area contributed by atoms with Crippen LogP contribution in [0.4, 0.5) is 4.79 Å². The molecule has 0 bridgehead atoms. The minimum Gasteiger partial charge on any atom is -0.395 e. The lowest BCUT2D eigenvalue weighted by atomic mass is 9.87. The van der Waals surface area contributed by atoms with Gasteiger partial charge in [-0.25, -0.2) is 4.79 Å². The van der Waals surface area contributed by atoms with Crippen LogP contribution in [-0.4, -0.2) is 35.2 Å². The summed E-state index contributed by atoms with van der Waals surface area (Å²) in [6, 6.07) is 8.40. The largest absolute Gasteiger partial charge is 0.395 e. The zero-order chi connectivity index (χ0) is 14.5. The Balaban J connectivity index is 2.24. The van der Waals surface area contributed by atoms with E-state index in [0.717, 1.165) is 19.3 Å². The van der Waals surface area contributed by atoms with Gasteiger partial charge in [0.2, 0.25) is 0 Å². The summed E-state index contributed by atoms with van der Waals surface area (Å²) in [5.74, 6) is 0. The molecule has 110 valence electrons. The van der Waals surface area contributed by atoms with Crippen LogP contribution in [0.1, 0.15) is 43.9 Å². The van der Waals surface area contributed by atoms with Gasteiger partial charge in [0.05, 0.1) is 12.6 Å². The summed E-state index contributed by atoms with van der Waals surface area (Å²) in [6.45, 7) is 4.26. The van der Waals surface area contributed by atoms with Crippen molar-refractivity contribution in [3.8, 4) is 0 Å². The van der Waals surface area contributed by atoms with Crippen molar-refractivity contribution in [3.05, 3.63) is 35.4 Å². The van der Waals surface area contributed by atoms with Crippen LogP contribution in [0.25, 0.3) is 0 Å². The normalized spacial score (nSPS) is 17.7. The van der Waals surface area contributed by atoms with E-state index in [-0.39, 0.29) is 24.7 Å². The Hall–Kier alpha value is -1.55. The maximum Gasteiger partial charge on any atom is 0.318 e. The molecule has 0 fully saturated rings. The van der Waals surface area contributed by atoms with Crippen LogP contribution in [0.3, 0.4) is 0 Å². The average Bonchev–Trinajstić information content (AvgIpc) is 2.43. The molecule has 0 saturated heterocycles. The van der Waals surface area contributed by atoms with Crippen LogP contribution in [0.15, 0.2) is 24.3 Å². The minimum atomic E-state index is -0.0873. The fourth-order valence-electron chi connectivity index (χ4n) is 2.89. The number of rotatable bonds is 4. The van der Waals surface area contributed by atoms with Crippen LogP contribution >= 0.6 is 0 Å². The highest BCUT2D eigenvalue weighted by Crippen LogP contribution is 2.34. The van der Waals surface area contributed by atoms with Gasteiger partial charge in [0.25, 0.3) is 0 Å². The number of carbonyl (C=O) groups is 1. The molecule has 2 amide bonds. The SMILES string of the molecule is CC(C)NC(=O)N(CCO)C1CCCc2ccccc21.